The molecular weight excluding hydrogens is 222 g/mol. The van der Waals surface area contributed by atoms with Crippen LogP contribution in [0.2, 0.25) is 0 Å². The van der Waals surface area contributed by atoms with Crippen molar-refractivity contribution in [2.45, 2.75) is 52.5 Å². The molecule has 0 spiro atoms. The quantitative estimate of drug-likeness (QED) is 0.835. The predicted octanol–water partition coefficient (Wildman–Crippen LogP) is 2.87. The van der Waals surface area contributed by atoms with Crippen molar-refractivity contribution in [1.82, 2.24) is 5.32 Å². The highest BCUT2D eigenvalue weighted by Gasteiger charge is 2.21. The van der Waals surface area contributed by atoms with Crippen LogP contribution in [0.5, 0.6) is 0 Å². The fraction of sp³-hybridized carbons (Fsp3) is 0.562. The van der Waals surface area contributed by atoms with E-state index in [0.29, 0.717) is 24.8 Å². The molecule has 0 atom stereocenters. The molecule has 0 saturated heterocycles. The number of carbonyl (C=O) groups is 1. The van der Waals surface area contributed by atoms with Crippen molar-refractivity contribution in [2.75, 3.05) is 6.54 Å². The van der Waals surface area contributed by atoms with E-state index >= 15 is 0 Å². The average Bonchev–Trinajstić information content (AvgIpc) is 3.08. The van der Waals surface area contributed by atoms with E-state index in [-0.39, 0.29) is 0 Å². The largest absolute Gasteiger partial charge is 0.307 e. The topological polar surface area (TPSA) is 29.1 Å². The van der Waals surface area contributed by atoms with Crippen LogP contribution < -0.4 is 5.32 Å². The number of Topliss-reactive ketones (excluding diaryl/α,β-unsaturated/α-hetero) is 1. The first kappa shape index (κ1) is 13.3. The Morgan fingerprint density at radius 1 is 1.22 bits per heavy atom. The molecule has 2 rings (SSSR count). The molecule has 0 radical (unpaired) electrons. The molecule has 2 nitrogen and oxygen atoms in total. The standard InChI is InChI=1S/C16H23NO/c1-11-8-12(2)16(13(3)9-11)7-6-15(18)10-17-14-4-5-14/h8-9,14,17H,4-7,10H2,1-3H3. The fourth-order valence-electron chi connectivity index (χ4n) is 2.50. The van der Waals surface area contributed by atoms with Crippen molar-refractivity contribution >= 4 is 5.78 Å². The maximum absolute atomic E-state index is 11.8. The molecule has 1 saturated carbocycles. The first-order valence-corrected chi connectivity index (χ1v) is 6.88. The zero-order valence-corrected chi connectivity index (χ0v) is 11.7. The smallest absolute Gasteiger partial charge is 0.146 e. The fourth-order valence-corrected chi connectivity index (χ4v) is 2.50. The SMILES string of the molecule is Cc1cc(C)c(CCC(=O)CNC2CC2)c(C)c1. The molecule has 1 aliphatic carbocycles. The lowest BCUT2D eigenvalue weighted by Crippen LogP contribution is -2.25. The minimum atomic E-state index is 0.335. The summed E-state index contributed by atoms with van der Waals surface area (Å²) < 4.78 is 0. The average molecular weight is 245 g/mol. The Morgan fingerprint density at radius 3 is 2.39 bits per heavy atom. The van der Waals surface area contributed by atoms with E-state index in [4.69, 9.17) is 0 Å². The molecule has 98 valence electrons. The maximum atomic E-state index is 11.8. The summed E-state index contributed by atoms with van der Waals surface area (Å²) in [7, 11) is 0. The van der Waals surface area contributed by atoms with Crippen molar-refractivity contribution in [2.24, 2.45) is 0 Å². The molecule has 0 aliphatic heterocycles. The van der Waals surface area contributed by atoms with E-state index in [1.54, 1.807) is 0 Å². The molecule has 1 aromatic rings. The Bertz CT molecular complexity index is 423. The number of rotatable bonds is 6. The maximum Gasteiger partial charge on any atom is 0.146 e. The highest BCUT2D eigenvalue weighted by atomic mass is 16.1. The Balaban J connectivity index is 1.86. The molecule has 1 N–H and O–H groups in total. The molecule has 0 aromatic heterocycles. The van der Waals surface area contributed by atoms with Crippen LogP contribution in [0, 0.1) is 20.8 Å². The third-order valence-electron chi connectivity index (χ3n) is 3.66. The van der Waals surface area contributed by atoms with Gasteiger partial charge in [-0.2, -0.15) is 0 Å². The van der Waals surface area contributed by atoms with Crippen molar-refractivity contribution in [1.29, 1.82) is 0 Å². The Morgan fingerprint density at radius 2 is 1.83 bits per heavy atom. The lowest BCUT2D eigenvalue weighted by molar-refractivity contribution is -0.118. The van der Waals surface area contributed by atoms with Crippen molar-refractivity contribution < 1.29 is 4.79 Å². The van der Waals surface area contributed by atoms with Crippen LogP contribution in [-0.4, -0.2) is 18.4 Å². The van der Waals surface area contributed by atoms with Crippen LogP contribution in [0.15, 0.2) is 12.1 Å². The minimum Gasteiger partial charge on any atom is -0.307 e. The Hall–Kier alpha value is -1.15. The molecule has 2 heteroatoms. The minimum absolute atomic E-state index is 0.335. The Labute approximate surface area is 110 Å². The third-order valence-corrected chi connectivity index (χ3v) is 3.66. The summed E-state index contributed by atoms with van der Waals surface area (Å²) in [5.74, 6) is 0.335. The van der Waals surface area contributed by atoms with Gasteiger partial charge in [0.2, 0.25) is 0 Å². The number of hydrogen-bond donors (Lipinski definition) is 1. The van der Waals surface area contributed by atoms with Gasteiger partial charge >= 0.3 is 0 Å². The first-order valence-electron chi connectivity index (χ1n) is 6.88. The van der Waals surface area contributed by atoms with Crippen LogP contribution >= 0.6 is 0 Å². The van der Waals surface area contributed by atoms with Gasteiger partial charge in [0.05, 0.1) is 6.54 Å². The van der Waals surface area contributed by atoms with Crippen LogP contribution in [0.4, 0.5) is 0 Å². The van der Waals surface area contributed by atoms with Crippen molar-refractivity contribution in [3.63, 3.8) is 0 Å². The van der Waals surface area contributed by atoms with E-state index in [2.05, 4.69) is 38.2 Å². The van der Waals surface area contributed by atoms with Crippen LogP contribution in [-0.2, 0) is 11.2 Å². The second kappa shape index (κ2) is 5.66. The number of aryl methyl sites for hydroxylation is 3. The number of ketones is 1. The molecule has 0 unspecified atom stereocenters. The summed E-state index contributed by atoms with van der Waals surface area (Å²) in [5.41, 5.74) is 5.28. The van der Waals surface area contributed by atoms with E-state index in [1.165, 1.54) is 35.1 Å². The van der Waals surface area contributed by atoms with Gasteiger partial charge < -0.3 is 5.32 Å². The first-order chi connectivity index (χ1) is 8.56. The molecule has 1 aliphatic rings. The number of carbonyl (C=O) groups excluding carboxylic acids is 1. The molecule has 0 amide bonds. The van der Waals surface area contributed by atoms with E-state index in [9.17, 15) is 4.79 Å². The molecule has 1 aromatic carbocycles. The van der Waals surface area contributed by atoms with Crippen molar-refractivity contribution in [3.05, 3.63) is 34.4 Å². The van der Waals surface area contributed by atoms with E-state index in [1.807, 2.05) is 0 Å². The monoisotopic (exact) mass is 245 g/mol. The van der Waals surface area contributed by atoms with Gasteiger partial charge in [-0.25, -0.2) is 0 Å². The lowest BCUT2D eigenvalue weighted by atomic mass is 9.95. The van der Waals surface area contributed by atoms with Gasteiger partial charge in [-0.15, -0.1) is 0 Å². The highest BCUT2D eigenvalue weighted by molar-refractivity contribution is 5.80. The van der Waals surface area contributed by atoms with E-state index in [0.717, 1.165) is 6.42 Å². The van der Waals surface area contributed by atoms with Gasteiger partial charge in [0.1, 0.15) is 5.78 Å². The number of nitrogens with one attached hydrogen (secondary N) is 1. The zero-order valence-electron chi connectivity index (χ0n) is 11.7. The second-order valence-corrected chi connectivity index (χ2v) is 5.57. The van der Waals surface area contributed by atoms with E-state index < -0.39 is 0 Å². The molecular formula is C16H23NO. The van der Waals surface area contributed by atoms with Gasteiger partial charge in [-0.3, -0.25) is 4.79 Å². The van der Waals surface area contributed by atoms with Crippen LogP contribution in [0.3, 0.4) is 0 Å². The summed E-state index contributed by atoms with van der Waals surface area (Å²) in [6.07, 6.45) is 4.01. The summed E-state index contributed by atoms with van der Waals surface area (Å²) >= 11 is 0. The molecule has 0 heterocycles. The van der Waals surface area contributed by atoms with Gasteiger partial charge in [0.25, 0.3) is 0 Å². The second-order valence-electron chi connectivity index (χ2n) is 5.57. The van der Waals surface area contributed by atoms with Gasteiger partial charge in [0, 0.05) is 12.5 Å². The van der Waals surface area contributed by atoms with Gasteiger partial charge in [0.15, 0.2) is 0 Å². The van der Waals surface area contributed by atoms with Gasteiger partial charge in [-0.1, -0.05) is 17.7 Å². The molecule has 1 fully saturated rings. The Kier molecular flexibility index (Phi) is 4.18. The highest BCUT2D eigenvalue weighted by Crippen LogP contribution is 2.19. The summed E-state index contributed by atoms with van der Waals surface area (Å²) in [4.78, 5) is 11.8. The number of hydrogen-bond acceptors (Lipinski definition) is 2. The van der Waals surface area contributed by atoms with Crippen molar-refractivity contribution in [3.8, 4) is 0 Å². The number of benzene rings is 1. The predicted molar refractivity (Wildman–Crippen MR) is 75.0 cm³/mol. The molecule has 18 heavy (non-hydrogen) atoms. The normalized spacial score (nSPS) is 14.8. The molecule has 0 bridgehead atoms. The lowest BCUT2D eigenvalue weighted by Gasteiger charge is -2.11. The summed E-state index contributed by atoms with van der Waals surface area (Å²) in [6.45, 7) is 6.95. The van der Waals surface area contributed by atoms with Crippen LogP contribution in [0.25, 0.3) is 0 Å². The zero-order chi connectivity index (χ0) is 13.1. The summed E-state index contributed by atoms with van der Waals surface area (Å²) in [5, 5.41) is 3.28. The van der Waals surface area contributed by atoms with Gasteiger partial charge in [-0.05, 0) is 56.7 Å². The summed E-state index contributed by atoms with van der Waals surface area (Å²) in [6, 6.07) is 5.03. The third kappa shape index (κ3) is 3.67. The van der Waals surface area contributed by atoms with Crippen LogP contribution in [0.1, 0.15) is 41.5 Å².